The number of hydrogen-bond acceptors (Lipinski definition) is 4. The fourth-order valence-corrected chi connectivity index (χ4v) is 3.80. The molecule has 0 bridgehead atoms. The molecule has 2 aliphatic rings. The normalized spacial score (nSPS) is 29.5. The van der Waals surface area contributed by atoms with Crippen LogP contribution in [0.15, 0.2) is 0 Å². The number of nitrogens with zero attached hydrogens (tertiary/aromatic N) is 1. The zero-order chi connectivity index (χ0) is 13.9. The van der Waals surface area contributed by atoms with Crippen LogP contribution in [0.3, 0.4) is 0 Å². The summed E-state index contributed by atoms with van der Waals surface area (Å²) in [6, 6.07) is 0. The third kappa shape index (κ3) is 3.88. The molecule has 0 amide bonds. The lowest BCUT2D eigenvalue weighted by molar-refractivity contribution is -0.142. The van der Waals surface area contributed by atoms with Gasteiger partial charge in [0.25, 0.3) is 10.2 Å². The molecule has 2 fully saturated rings. The number of ether oxygens (including phenoxy) is 1. The van der Waals surface area contributed by atoms with Crippen LogP contribution in [0.25, 0.3) is 0 Å². The average molecular weight is 292 g/mol. The van der Waals surface area contributed by atoms with E-state index in [-0.39, 0.29) is 12.5 Å². The van der Waals surface area contributed by atoms with Crippen molar-refractivity contribution in [1.29, 1.82) is 0 Å². The second kappa shape index (κ2) is 6.17. The van der Waals surface area contributed by atoms with Gasteiger partial charge >= 0.3 is 5.97 Å². The van der Waals surface area contributed by atoms with Crippen molar-refractivity contribution in [2.45, 2.75) is 19.3 Å². The van der Waals surface area contributed by atoms with Crippen LogP contribution in [0.5, 0.6) is 0 Å². The molecule has 2 rings (SSSR count). The third-order valence-electron chi connectivity index (χ3n) is 3.65. The number of carbonyl (C=O) groups is 1. The van der Waals surface area contributed by atoms with Gasteiger partial charge in [-0.1, -0.05) is 0 Å². The highest BCUT2D eigenvalue weighted by Gasteiger charge is 2.32. The Hall–Kier alpha value is -0.700. The van der Waals surface area contributed by atoms with Crippen molar-refractivity contribution in [3.63, 3.8) is 0 Å². The van der Waals surface area contributed by atoms with Crippen LogP contribution in [-0.2, 0) is 19.7 Å². The van der Waals surface area contributed by atoms with Gasteiger partial charge in [-0.05, 0) is 25.2 Å². The van der Waals surface area contributed by atoms with E-state index in [0.717, 1.165) is 6.42 Å². The van der Waals surface area contributed by atoms with E-state index in [4.69, 9.17) is 9.84 Å². The van der Waals surface area contributed by atoms with Crippen LogP contribution in [0, 0.1) is 11.8 Å². The van der Waals surface area contributed by atoms with Gasteiger partial charge in [-0.25, -0.2) is 4.72 Å². The van der Waals surface area contributed by atoms with Gasteiger partial charge in [0, 0.05) is 26.2 Å². The molecule has 2 N–H and O–H groups in total. The van der Waals surface area contributed by atoms with Crippen molar-refractivity contribution in [2.75, 3.05) is 32.8 Å². The second-order valence-corrected chi connectivity index (χ2v) is 6.87. The molecule has 7 nitrogen and oxygen atoms in total. The van der Waals surface area contributed by atoms with Gasteiger partial charge in [-0.15, -0.1) is 0 Å². The molecule has 0 radical (unpaired) electrons. The Bertz CT molecular complexity index is 419. The zero-order valence-electron chi connectivity index (χ0n) is 10.7. The predicted octanol–water partition coefficient (Wildman–Crippen LogP) is -0.346. The van der Waals surface area contributed by atoms with E-state index in [1.54, 1.807) is 0 Å². The predicted molar refractivity (Wildman–Crippen MR) is 67.8 cm³/mol. The van der Waals surface area contributed by atoms with Gasteiger partial charge < -0.3 is 9.84 Å². The maximum atomic E-state index is 12.1. The summed E-state index contributed by atoms with van der Waals surface area (Å²) in [7, 11) is -3.57. The summed E-state index contributed by atoms with van der Waals surface area (Å²) >= 11 is 0. The first-order valence-electron chi connectivity index (χ1n) is 6.54. The first-order valence-corrected chi connectivity index (χ1v) is 7.98. The van der Waals surface area contributed by atoms with Crippen molar-refractivity contribution >= 4 is 16.2 Å². The standard InChI is InChI=1S/C11H20N2O5S/c14-11(15)10-2-1-4-13(7-10)19(16,17)12-6-9-3-5-18-8-9/h9-10,12H,1-8H2,(H,14,15). The molecule has 2 saturated heterocycles. The van der Waals surface area contributed by atoms with E-state index in [2.05, 4.69) is 4.72 Å². The Balaban J connectivity index is 1.88. The quantitative estimate of drug-likeness (QED) is 0.722. The van der Waals surface area contributed by atoms with E-state index >= 15 is 0 Å². The SMILES string of the molecule is O=C(O)C1CCCN(S(=O)(=O)NCC2CCOC2)C1. The molecule has 0 aliphatic carbocycles. The number of carboxylic acid groups (broad SMARTS) is 1. The number of rotatable bonds is 5. The van der Waals surface area contributed by atoms with Crippen molar-refractivity contribution in [2.24, 2.45) is 11.8 Å². The van der Waals surface area contributed by atoms with Gasteiger partial charge in [0.15, 0.2) is 0 Å². The summed E-state index contributed by atoms with van der Waals surface area (Å²) in [5.74, 6) is -1.31. The van der Waals surface area contributed by atoms with E-state index in [1.165, 1.54) is 4.31 Å². The summed E-state index contributed by atoms with van der Waals surface area (Å²) in [5, 5.41) is 8.97. The van der Waals surface area contributed by atoms with Crippen LogP contribution in [-0.4, -0.2) is 56.6 Å². The first kappa shape index (κ1) is 14.7. The van der Waals surface area contributed by atoms with Crippen LogP contribution >= 0.6 is 0 Å². The molecule has 110 valence electrons. The van der Waals surface area contributed by atoms with E-state index < -0.39 is 22.1 Å². The largest absolute Gasteiger partial charge is 0.481 e. The molecule has 0 spiro atoms. The number of hydrogen-bond donors (Lipinski definition) is 2. The number of piperidine rings is 1. The van der Waals surface area contributed by atoms with E-state index in [0.29, 0.717) is 39.1 Å². The minimum Gasteiger partial charge on any atom is -0.481 e. The van der Waals surface area contributed by atoms with Crippen molar-refractivity contribution in [1.82, 2.24) is 9.03 Å². The molecule has 0 aromatic heterocycles. The minimum atomic E-state index is -3.57. The molecule has 0 aromatic carbocycles. The van der Waals surface area contributed by atoms with E-state index in [1.807, 2.05) is 0 Å². The number of nitrogens with one attached hydrogen (secondary N) is 1. The van der Waals surface area contributed by atoms with Crippen molar-refractivity contribution < 1.29 is 23.1 Å². The van der Waals surface area contributed by atoms with Crippen LogP contribution in [0.2, 0.25) is 0 Å². The van der Waals surface area contributed by atoms with Crippen LogP contribution < -0.4 is 4.72 Å². The smallest absolute Gasteiger partial charge is 0.307 e. The van der Waals surface area contributed by atoms with Crippen LogP contribution in [0.1, 0.15) is 19.3 Å². The molecule has 2 heterocycles. The molecule has 2 aliphatic heterocycles. The van der Waals surface area contributed by atoms with Gasteiger partial charge in [0.2, 0.25) is 0 Å². The van der Waals surface area contributed by atoms with Gasteiger partial charge in [0.1, 0.15) is 0 Å². The molecule has 2 atom stereocenters. The molecular weight excluding hydrogens is 272 g/mol. The average Bonchev–Trinajstić information content (AvgIpc) is 2.90. The second-order valence-electron chi connectivity index (χ2n) is 5.12. The highest BCUT2D eigenvalue weighted by molar-refractivity contribution is 7.87. The molecule has 8 heteroatoms. The highest BCUT2D eigenvalue weighted by Crippen LogP contribution is 2.19. The van der Waals surface area contributed by atoms with Crippen molar-refractivity contribution in [3.05, 3.63) is 0 Å². The Morgan fingerprint density at radius 2 is 2.21 bits per heavy atom. The highest BCUT2D eigenvalue weighted by atomic mass is 32.2. The molecule has 19 heavy (non-hydrogen) atoms. The Labute approximate surface area is 113 Å². The first-order chi connectivity index (χ1) is 8.99. The minimum absolute atomic E-state index is 0.0613. The summed E-state index contributed by atoms with van der Waals surface area (Å²) in [5.41, 5.74) is 0. The number of aliphatic carboxylic acids is 1. The van der Waals surface area contributed by atoms with Crippen LogP contribution in [0.4, 0.5) is 0 Å². The molecule has 2 unspecified atom stereocenters. The zero-order valence-corrected chi connectivity index (χ0v) is 11.6. The molecular formula is C11H20N2O5S. The lowest BCUT2D eigenvalue weighted by Gasteiger charge is -2.30. The lowest BCUT2D eigenvalue weighted by atomic mass is 10.0. The fraction of sp³-hybridized carbons (Fsp3) is 0.909. The Morgan fingerprint density at radius 1 is 1.42 bits per heavy atom. The molecule has 0 aromatic rings. The maximum Gasteiger partial charge on any atom is 0.307 e. The number of carboxylic acids is 1. The fourth-order valence-electron chi connectivity index (χ4n) is 2.42. The summed E-state index contributed by atoms with van der Waals surface area (Å²) < 4.78 is 33.2. The summed E-state index contributed by atoms with van der Waals surface area (Å²) in [6.07, 6.45) is 1.99. The third-order valence-corrected chi connectivity index (χ3v) is 5.19. The van der Waals surface area contributed by atoms with E-state index in [9.17, 15) is 13.2 Å². The topological polar surface area (TPSA) is 95.9 Å². The maximum absolute atomic E-state index is 12.1. The summed E-state index contributed by atoms with van der Waals surface area (Å²) in [6.45, 7) is 2.07. The monoisotopic (exact) mass is 292 g/mol. The van der Waals surface area contributed by atoms with Gasteiger partial charge in [-0.2, -0.15) is 12.7 Å². The Kier molecular flexibility index (Phi) is 4.77. The van der Waals surface area contributed by atoms with Crippen molar-refractivity contribution in [3.8, 4) is 0 Å². The van der Waals surface area contributed by atoms with Gasteiger partial charge in [0.05, 0.1) is 12.5 Å². The summed E-state index contributed by atoms with van der Waals surface area (Å²) in [4.78, 5) is 10.9. The molecule has 0 saturated carbocycles. The Morgan fingerprint density at radius 3 is 2.84 bits per heavy atom. The van der Waals surface area contributed by atoms with Gasteiger partial charge in [-0.3, -0.25) is 4.79 Å². The lowest BCUT2D eigenvalue weighted by Crippen LogP contribution is -2.48.